The lowest BCUT2D eigenvalue weighted by Gasteiger charge is -2.40. The summed E-state index contributed by atoms with van der Waals surface area (Å²) in [5.41, 5.74) is 3.47. The average Bonchev–Trinajstić information content (AvgIpc) is 2.68. The van der Waals surface area contributed by atoms with Gasteiger partial charge in [0.15, 0.2) is 11.3 Å². The molecule has 0 bridgehead atoms. The monoisotopic (exact) mass is 391 g/mol. The summed E-state index contributed by atoms with van der Waals surface area (Å²) in [6.45, 7) is -0.510. The minimum atomic E-state index is -1.47. The van der Waals surface area contributed by atoms with E-state index in [1.54, 1.807) is 6.21 Å². The van der Waals surface area contributed by atoms with Crippen molar-refractivity contribution >= 4 is 34.3 Å². The molecule has 9 heteroatoms. The molecule has 1 aliphatic heterocycles. The largest absolute Gasteiger partial charge is 0.394 e. The van der Waals surface area contributed by atoms with Gasteiger partial charge in [-0.05, 0) is 34.6 Å². The molecule has 1 fully saturated rings. The summed E-state index contributed by atoms with van der Waals surface area (Å²) in [5, 5.41) is 47.6. The van der Waals surface area contributed by atoms with Crippen LogP contribution in [0.2, 0.25) is 0 Å². The van der Waals surface area contributed by atoms with Crippen molar-refractivity contribution in [2.24, 2.45) is 5.10 Å². The SMILES string of the molecule is OC[C@H]1O[C@@H](NC(=S)N/N=C/c2ccc3ccccc3c2)[C@H](O)[C@@H](O)[C@@H]1O. The van der Waals surface area contributed by atoms with Crippen LogP contribution in [-0.2, 0) is 4.74 Å². The molecule has 27 heavy (non-hydrogen) atoms. The zero-order valence-corrected chi connectivity index (χ0v) is 15.1. The molecule has 1 saturated heterocycles. The minimum Gasteiger partial charge on any atom is -0.394 e. The van der Waals surface area contributed by atoms with Gasteiger partial charge in [-0.1, -0.05) is 36.4 Å². The van der Waals surface area contributed by atoms with Crippen LogP contribution < -0.4 is 10.7 Å². The highest BCUT2D eigenvalue weighted by molar-refractivity contribution is 7.80. The second-order valence-corrected chi connectivity index (χ2v) is 6.61. The first-order valence-electron chi connectivity index (χ1n) is 8.38. The molecule has 0 aromatic heterocycles. The van der Waals surface area contributed by atoms with Crippen molar-refractivity contribution in [3.8, 4) is 0 Å². The van der Waals surface area contributed by atoms with Gasteiger partial charge in [-0.3, -0.25) is 5.43 Å². The molecule has 3 rings (SSSR count). The second kappa shape index (κ2) is 8.70. The maximum Gasteiger partial charge on any atom is 0.189 e. The van der Waals surface area contributed by atoms with E-state index < -0.39 is 37.3 Å². The summed E-state index contributed by atoms with van der Waals surface area (Å²) in [5.74, 6) is 0. The van der Waals surface area contributed by atoms with Crippen LogP contribution in [0.3, 0.4) is 0 Å². The fraction of sp³-hybridized carbons (Fsp3) is 0.333. The topological polar surface area (TPSA) is 127 Å². The number of hydrogen-bond donors (Lipinski definition) is 6. The number of rotatable bonds is 4. The Bertz CT molecular complexity index is 832. The number of fused-ring (bicyclic) bond motifs is 1. The third-order valence-corrected chi connectivity index (χ3v) is 4.53. The van der Waals surface area contributed by atoms with Crippen LogP contribution in [0.5, 0.6) is 0 Å². The van der Waals surface area contributed by atoms with Crippen molar-refractivity contribution in [2.75, 3.05) is 6.61 Å². The molecular weight excluding hydrogens is 370 g/mol. The highest BCUT2D eigenvalue weighted by atomic mass is 32.1. The normalized spacial score (nSPS) is 28.4. The zero-order chi connectivity index (χ0) is 19.4. The van der Waals surface area contributed by atoms with Crippen LogP contribution in [0, 0.1) is 0 Å². The fourth-order valence-electron chi connectivity index (χ4n) is 2.84. The van der Waals surface area contributed by atoms with Crippen molar-refractivity contribution in [2.45, 2.75) is 30.6 Å². The number of hydrogen-bond acceptors (Lipinski definition) is 7. The highest BCUT2D eigenvalue weighted by Gasteiger charge is 2.43. The van der Waals surface area contributed by atoms with Gasteiger partial charge in [-0.25, -0.2) is 0 Å². The predicted molar refractivity (Wildman–Crippen MR) is 104 cm³/mol. The quantitative estimate of drug-likeness (QED) is 0.233. The van der Waals surface area contributed by atoms with Crippen LogP contribution in [0.25, 0.3) is 10.8 Å². The molecule has 0 amide bonds. The van der Waals surface area contributed by atoms with Crippen LogP contribution in [0.1, 0.15) is 5.56 Å². The summed E-state index contributed by atoms with van der Waals surface area (Å²) in [6.07, 6.45) is -4.84. The van der Waals surface area contributed by atoms with Crippen molar-refractivity contribution in [3.63, 3.8) is 0 Å². The third-order valence-electron chi connectivity index (χ3n) is 4.32. The van der Waals surface area contributed by atoms with Crippen molar-refractivity contribution in [3.05, 3.63) is 48.0 Å². The predicted octanol–water partition coefficient (Wildman–Crippen LogP) is -0.562. The van der Waals surface area contributed by atoms with E-state index in [-0.39, 0.29) is 5.11 Å². The average molecular weight is 391 g/mol. The molecule has 1 aliphatic rings. The Kier molecular flexibility index (Phi) is 6.32. The summed E-state index contributed by atoms with van der Waals surface area (Å²) < 4.78 is 5.31. The fourth-order valence-corrected chi connectivity index (χ4v) is 3.00. The van der Waals surface area contributed by atoms with Crippen LogP contribution in [-0.4, -0.2) is 69.0 Å². The van der Waals surface area contributed by atoms with Gasteiger partial charge < -0.3 is 30.5 Å². The lowest BCUT2D eigenvalue weighted by Crippen LogP contribution is -2.63. The second-order valence-electron chi connectivity index (χ2n) is 6.20. The maximum absolute atomic E-state index is 9.97. The van der Waals surface area contributed by atoms with Crippen LogP contribution in [0.15, 0.2) is 47.6 Å². The molecule has 1 heterocycles. The third kappa shape index (κ3) is 4.59. The smallest absolute Gasteiger partial charge is 0.189 e. The van der Waals surface area contributed by atoms with E-state index in [0.717, 1.165) is 16.3 Å². The molecule has 0 aliphatic carbocycles. The van der Waals surface area contributed by atoms with Gasteiger partial charge in [0.2, 0.25) is 0 Å². The zero-order valence-electron chi connectivity index (χ0n) is 14.3. The molecule has 6 N–H and O–H groups in total. The highest BCUT2D eigenvalue weighted by Crippen LogP contribution is 2.19. The number of hydrazone groups is 1. The Morgan fingerprint density at radius 2 is 1.81 bits per heavy atom. The lowest BCUT2D eigenvalue weighted by atomic mass is 9.98. The van der Waals surface area contributed by atoms with Crippen LogP contribution in [0.4, 0.5) is 0 Å². The van der Waals surface area contributed by atoms with Crippen LogP contribution >= 0.6 is 12.2 Å². The first kappa shape index (κ1) is 19.6. The summed E-state index contributed by atoms with van der Waals surface area (Å²) in [7, 11) is 0. The molecule has 0 spiro atoms. The van der Waals surface area contributed by atoms with Gasteiger partial charge in [-0.2, -0.15) is 5.10 Å². The summed E-state index contributed by atoms with van der Waals surface area (Å²) >= 11 is 5.09. The molecule has 0 radical (unpaired) electrons. The van der Waals surface area contributed by atoms with E-state index >= 15 is 0 Å². The Morgan fingerprint density at radius 3 is 2.56 bits per heavy atom. The number of aliphatic hydroxyl groups excluding tert-OH is 4. The first-order chi connectivity index (χ1) is 13.0. The number of aliphatic hydroxyl groups is 4. The molecule has 0 saturated carbocycles. The van der Waals surface area contributed by atoms with Crippen molar-refractivity contribution in [1.82, 2.24) is 10.7 Å². The van der Waals surface area contributed by atoms with Gasteiger partial charge in [0, 0.05) is 0 Å². The molecular formula is C18H21N3O5S. The Labute approximate surface area is 161 Å². The maximum atomic E-state index is 9.97. The van der Waals surface area contributed by atoms with Crippen molar-refractivity contribution < 1.29 is 25.2 Å². The lowest BCUT2D eigenvalue weighted by molar-refractivity contribution is -0.232. The number of benzene rings is 2. The molecule has 144 valence electrons. The standard InChI is InChI=1S/C18H21N3O5S/c22-9-13-14(23)15(24)16(25)17(26-13)20-18(27)21-19-8-10-5-6-11-3-1-2-4-12(11)7-10/h1-8,13-17,22-25H,9H2,(H2,20,21,27)/b19-8+/t13-,14-,15+,16-,17-/m1/s1. The Balaban J connectivity index is 1.57. The van der Waals surface area contributed by atoms with E-state index in [1.807, 2.05) is 42.5 Å². The Hall–Kier alpha value is -2.14. The minimum absolute atomic E-state index is 0.0522. The molecule has 8 nitrogen and oxygen atoms in total. The van der Waals surface area contributed by atoms with Gasteiger partial charge >= 0.3 is 0 Å². The summed E-state index contributed by atoms with van der Waals surface area (Å²) in [6, 6.07) is 13.8. The van der Waals surface area contributed by atoms with Gasteiger partial charge in [0.05, 0.1) is 12.8 Å². The summed E-state index contributed by atoms with van der Waals surface area (Å²) in [4.78, 5) is 0. The van der Waals surface area contributed by atoms with Gasteiger partial charge in [-0.15, -0.1) is 0 Å². The van der Waals surface area contributed by atoms with Crippen molar-refractivity contribution in [1.29, 1.82) is 0 Å². The molecule has 5 atom stereocenters. The molecule has 2 aromatic carbocycles. The number of thiocarbonyl (C=S) groups is 1. The van der Waals surface area contributed by atoms with Gasteiger partial charge in [0.1, 0.15) is 24.4 Å². The van der Waals surface area contributed by atoms with E-state index in [4.69, 9.17) is 17.0 Å². The van der Waals surface area contributed by atoms with Gasteiger partial charge in [0.25, 0.3) is 0 Å². The van der Waals surface area contributed by atoms with E-state index in [0.29, 0.717) is 0 Å². The van der Waals surface area contributed by atoms with E-state index in [2.05, 4.69) is 15.8 Å². The number of ether oxygens (including phenoxy) is 1. The molecule has 2 aromatic rings. The molecule has 0 unspecified atom stereocenters. The van der Waals surface area contributed by atoms with E-state index in [1.165, 1.54) is 0 Å². The Morgan fingerprint density at radius 1 is 1.07 bits per heavy atom. The number of nitrogens with zero attached hydrogens (tertiary/aromatic N) is 1. The number of nitrogens with one attached hydrogen (secondary N) is 2. The first-order valence-corrected chi connectivity index (χ1v) is 8.79. The van der Waals surface area contributed by atoms with E-state index in [9.17, 15) is 20.4 Å².